The molecule has 0 aliphatic heterocycles. The summed E-state index contributed by atoms with van der Waals surface area (Å²) < 4.78 is 7.58. The minimum Gasteiger partial charge on any atom is -0.481 e. The van der Waals surface area contributed by atoms with E-state index in [0.717, 1.165) is 5.56 Å². The van der Waals surface area contributed by atoms with Crippen LogP contribution in [0.5, 0.6) is 5.75 Å². The van der Waals surface area contributed by atoms with Gasteiger partial charge in [0.1, 0.15) is 5.75 Å². The highest BCUT2D eigenvalue weighted by Crippen LogP contribution is 2.17. The fourth-order valence-corrected chi connectivity index (χ4v) is 2.90. The quantitative estimate of drug-likeness (QED) is 0.619. The highest BCUT2D eigenvalue weighted by atomic mass is 35.5. The molecule has 1 heterocycles. The summed E-state index contributed by atoms with van der Waals surface area (Å²) in [7, 11) is 1.76. The lowest BCUT2D eigenvalue weighted by Gasteiger charge is -2.21. The van der Waals surface area contributed by atoms with E-state index >= 15 is 0 Å². The second-order valence-electron chi connectivity index (χ2n) is 6.44. The van der Waals surface area contributed by atoms with E-state index in [9.17, 15) is 4.79 Å². The van der Waals surface area contributed by atoms with Crippen LogP contribution in [0, 0.1) is 0 Å². The topological polar surface area (TPSA) is 47.4 Å². The van der Waals surface area contributed by atoms with Crippen molar-refractivity contribution >= 4 is 17.5 Å². The Morgan fingerprint density at radius 2 is 1.85 bits per heavy atom. The van der Waals surface area contributed by atoms with Crippen molar-refractivity contribution in [3.05, 3.63) is 83.1 Å². The van der Waals surface area contributed by atoms with Crippen molar-refractivity contribution in [1.29, 1.82) is 0 Å². The van der Waals surface area contributed by atoms with Gasteiger partial charge in [-0.05, 0) is 36.8 Å². The maximum absolute atomic E-state index is 12.6. The van der Waals surface area contributed by atoms with Gasteiger partial charge in [-0.15, -0.1) is 0 Å². The molecule has 5 nitrogen and oxygen atoms in total. The zero-order chi connectivity index (χ0) is 19.2. The zero-order valence-electron chi connectivity index (χ0n) is 15.4. The number of carbonyl (C=O) groups excluding carboxylic acids is 1. The number of likely N-dealkylation sites (N-methyl/N-ethyl adjacent to an activating group) is 1. The van der Waals surface area contributed by atoms with Gasteiger partial charge in [-0.1, -0.05) is 41.9 Å². The summed E-state index contributed by atoms with van der Waals surface area (Å²) in [5, 5.41) is 5.01. The van der Waals surface area contributed by atoms with Crippen molar-refractivity contribution in [3.8, 4) is 5.75 Å². The first-order valence-electron chi connectivity index (χ1n) is 8.74. The van der Waals surface area contributed by atoms with Gasteiger partial charge in [-0.25, -0.2) is 0 Å². The Balaban J connectivity index is 1.55. The van der Waals surface area contributed by atoms with Crippen LogP contribution in [0.15, 0.2) is 67.0 Å². The van der Waals surface area contributed by atoms with Crippen molar-refractivity contribution in [2.45, 2.75) is 26.1 Å². The van der Waals surface area contributed by atoms with E-state index in [2.05, 4.69) is 17.2 Å². The molecular weight excluding hydrogens is 362 g/mol. The number of benzene rings is 2. The molecule has 0 fully saturated rings. The molecule has 0 saturated carbocycles. The van der Waals surface area contributed by atoms with Crippen LogP contribution in [-0.4, -0.2) is 33.7 Å². The van der Waals surface area contributed by atoms with Gasteiger partial charge < -0.3 is 9.64 Å². The normalized spacial score (nSPS) is 11.8. The number of halogens is 1. The van der Waals surface area contributed by atoms with Crippen LogP contribution in [0.25, 0.3) is 0 Å². The summed E-state index contributed by atoms with van der Waals surface area (Å²) >= 11 is 5.87. The molecule has 0 N–H and O–H groups in total. The van der Waals surface area contributed by atoms with E-state index in [1.165, 1.54) is 5.56 Å². The van der Waals surface area contributed by atoms with Crippen molar-refractivity contribution in [2.75, 3.05) is 7.05 Å². The number of hydrogen-bond donors (Lipinski definition) is 0. The Morgan fingerprint density at radius 1 is 1.15 bits per heavy atom. The fraction of sp³-hybridized carbons (Fsp3) is 0.238. The van der Waals surface area contributed by atoms with E-state index in [4.69, 9.17) is 16.3 Å². The van der Waals surface area contributed by atoms with Crippen molar-refractivity contribution in [3.63, 3.8) is 0 Å². The van der Waals surface area contributed by atoms with Gasteiger partial charge in [0, 0.05) is 30.4 Å². The Morgan fingerprint density at radius 3 is 2.56 bits per heavy atom. The Hall–Kier alpha value is -2.79. The Bertz CT molecular complexity index is 878. The smallest absolute Gasteiger partial charge is 0.263 e. The van der Waals surface area contributed by atoms with Crippen LogP contribution in [0.3, 0.4) is 0 Å². The molecule has 27 heavy (non-hydrogen) atoms. The molecule has 3 rings (SSSR count). The van der Waals surface area contributed by atoms with Crippen LogP contribution >= 0.6 is 11.6 Å². The third kappa shape index (κ3) is 5.34. The molecule has 1 aromatic heterocycles. The molecule has 6 heteroatoms. The summed E-state index contributed by atoms with van der Waals surface area (Å²) in [4.78, 5) is 14.2. The summed E-state index contributed by atoms with van der Waals surface area (Å²) in [6.07, 6.45) is 3.16. The number of aromatic nitrogens is 2. The molecule has 0 spiro atoms. The van der Waals surface area contributed by atoms with Gasteiger partial charge in [0.2, 0.25) is 0 Å². The maximum atomic E-state index is 12.6. The van der Waals surface area contributed by atoms with Gasteiger partial charge in [0.15, 0.2) is 6.10 Å². The van der Waals surface area contributed by atoms with Crippen LogP contribution in [0.2, 0.25) is 5.02 Å². The number of ether oxygens (including phenoxy) is 1. The SMILES string of the molecule is CC(Oc1ccc(Cl)cc1)C(=O)N(C)Cc1cnn(Cc2ccccc2)c1. The van der Waals surface area contributed by atoms with E-state index in [0.29, 0.717) is 23.9 Å². The number of rotatable bonds is 7. The first-order valence-corrected chi connectivity index (χ1v) is 9.11. The van der Waals surface area contributed by atoms with Gasteiger partial charge >= 0.3 is 0 Å². The number of carbonyl (C=O) groups is 1. The highest BCUT2D eigenvalue weighted by molar-refractivity contribution is 6.30. The van der Waals surface area contributed by atoms with Gasteiger partial charge in [0.05, 0.1) is 12.7 Å². The van der Waals surface area contributed by atoms with E-state index in [1.54, 1.807) is 49.3 Å². The molecule has 3 aromatic rings. The largest absolute Gasteiger partial charge is 0.481 e. The Labute approximate surface area is 164 Å². The van der Waals surface area contributed by atoms with E-state index in [1.807, 2.05) is 29.1 Å². The monoisotopic (exact) mass is 383 g/mol. The van der Waals surface area contributed by atoms with Crippen LogP contribution in [-0.2, 0) is 17.9 Å². The first-order chi connectivity index (χ1) is 13.0. The predicted molar refractivity (Wildman–Crippen MR) is 106 cm³/mol. The molecule has 1 unspecified atom stereocenters. The maximum Gasteiger partial charge on any atom is 0.263 e. The average molecular weight is 384 g/mol. The number of amides is 1. The minimum absolute atomic E-state index is 0.0965. The third-order valence-electron chi connectivity index (χ3n) is 4.14. The number of nitrogens with zero attached hydrogens (tertiary/aromatic N) is 3. The van der Waals surface area contributed by atoms with Crippen LogP contribution in [0.1, 0.15) is 18.1 Å². The third-order valence-corrected chi connectivity index (χ3v) is 4.40. The standard InChI is InChI=1S/C21H22ClN3O2/c1-16(27-20-10-8-19(22)9-11-20)21(26)24(2)13-18-12-23-25(15-18)14-17-6-4-3-5-7-17/h3-12,15-16H,13-14H2,1-2H3. The molecule has 0 radical (unpaired) electrons. The summed E-state index contributed by atoms with van der Waals surface area (Å²) in [5.41, 5.74) is 2.15. The molecular formula is C21H22ClN3O2. The van der Waals surface area contributed by atoms with Crippen molar-refractivity contribution in [1.82, 2.24) is 14.7 Å². The molecule has 1 amide bonds. The van der Waals surface area contributed by atoms with Crippen molar-refractivity contribution < 1.29 is 9.53 Å². The lowest BCUT2D eigenvalue weighted by molar-refractivity contribution is -0.137. The highest BCUT2D eigenvalue weighted by Gasteiger charge is 2.19. The van der Waals surface area contributed by atoms with Gasteiger partial charge in [-0.2, -0.15) is 5.10 Å². The van der Waals surface area contributed by atoms with Gasteiger partial charge in [-0.3, -0.25) is 9.48 Å². The molecule has 1 atom stereocenters. The molecule has 0 saturated heterocycles. The van der Waals surface area contributed by atoms with Crippen LogP contribution < -0.4 is 4.74 Å². The van der Waals surface area contributed by atoms with Crippen LogP contribution in [0.4, 0.5) is 0 Å². The zero-order valence-corrected chi connectivity index (χ0v) is 16.1. The molecule has 2 aromatic carbocycles. The van der Waals surface area contributed by atoms with Crippen molar-refractivity contribution in [2.24, 2.45) is 0 Å². The second-order valence-corrected chi connectivity index (χ2v) is 6.88. The van der Waals surface area contributed by atoms with E-state index < -0.39 is 6.10 Å². The Kier molecular flexibility index (Phi) is 6.14. The average Bonchev–Trinajstić information content (AvgIpc) is 3.10. The lowest BCUT2D eigenvalue weighted by Crippen LogP contribution is -2.37. The molecule has 140 valence electrons. The molecule has 0 aliphatic carbocycles. The second kappa shape index (κ2) is 8.73. The minimum atomic E-state index is -0.587. The summed E-state index contributed by atoms with van der Waals surface area (Å²) in [6.45, 7) is 2.92. The fourth-order valence-electron chi connectivity index (χ4n) is 2.77. The summed E-state index contributed by atoms with van der Waals surface area (Å²) in [6, 6.07) is 17.1. The van der Waals surface area contributed by atoms with E-state index in [-0.39, 0.29) is 5.91 Å². The first kappa shape index (κ1) is 19.0. The predicted octanol–water partition coefficient (Wildman–Crippen LogP) is 4.01. The number of hydrogen-bond acceptors (Lipinski definition) is 3. The lowest BCUT2D eigenvalue weighted by atomic mass is 10.2. The summed E-state index contributed by atoms with van der Waals surface area (Å²) in [5.74, 6) is 0.519. The van der Waals surface area contributed by atoms with Gasteiger partial charge in [0.25, 0.3) is 5.91 Å². The molecule has 0 aliphatic rings. The molecule has 0 bridgehead atoms.